The van der Waals surface area contributed by atoms with E-state index >= 15 is 0 Å². The molecule has 0 saturated carbocycles. The molecule has 2 rings (SSSR count). The van der Waals surface area contributed by atoms with Crippen molar-refractivity contribution in [3.8, 4) is 0 Å². The van der Waals surface area contributed by atoms with Crippen molar-refractivity contribution in [1.82, 2.24) is 20.2 Å². The third-order valence-electron chi connectivity index (χ3n) is 3.20. The maximum atomic E-state index is 11.9. The molecule has 110 valence electrons. The second-order valence-corrected chi connectivity index (χ2v) is 4.60. The van der Waals surface area contributed by atoms with Crippen molar-refractivity contribution in [2.45, 2.75) is 6.42 Å². The van der Waals surface area contributed by atoms with Gasteiger partial charge in [0.05, 0.1) is 0 Å². The van der Waals surface area contributed by atoms with Gasteiger partial charge in [-0.15, -0.1) is 0 Å². The molecule has 0 unspecified atom stereocenters. The number of amides is 2. The first-order chi connectivity index (χ1) is 9.81. The minimum atomic E-state index is -0.00488. The maximum Gasteiger partial charge on any atom is 0.317 e. The maximum absolute atomic E-state index is 11.9. The van der Waals surface area contributed by atoms with Crippen LogP contribution in [0.1, 0.15) is 6.42 Å². The summed E-state index contributed by atoms with van der Waals surface area (Å²) < 4.78 is 4.95. The monoisotopic (exact) mass is 279 g/mol. The number of anilines is 1. The molecular weight excluding hydrogens is 258 g/mol. The average molecular weight is 279 g/mol. The Hall–Kier alpha value is -1.89. The van der Waals surface area contributed by atoms with Crippen LogP contribution in [0.2, 0.25) is 0 Å². The van der Waals surface area contributed by atoms with Gasteiger partial charge in [0, 0.05) is 58.8 Å². The Morgan fingerprint density at radius 1 is 1.30 bits per heavy atom. The fraction of sp³-hybridized carbons (Fsp3) is 0.615. The van der Waals surface area contributed by atoms with Crippen molar-refractivity contribution < 1.29 is 9.53 Å². The van der Waals surface area contributed by atoms with Gasteiger partial charge in [0.1, 0.15) is 0 Å². The number of piperazine rings is 1. The highest BCUT2D eigenvalue weighted by Crippen LogP contribution is 2.09. The van der Waals surface area contributed by atoms with Gasteiger partial charge in [0.25, 0.3) is 0 Å². The molecular formula is C13H21N5O2. The molecule has 1 aliphatic heterocycles. The Labute approximate surface area is 118 Å². The molecule has 0 atom stereocenters. The summed E-state index contributed by atoms with van der Waals surface area (Å²) in [4.78, 5) is 24.3. The fourth-order valence-corrected chi connectivity index (χ4v) is 2.09. The lowest BCUT2D eigenvalue weighted by molar-refractivity contribution is 0.183. The summed E-state index contributed by atoms with van der Waals surface area (Å²) in [6, 6.07) is 1.79. The SMILES string of the molecule is COCCCNC(=O)N1CCN(c2ncccn2)CC1. The third kappa shape index (κ3) is 4.06. The van der Waals surface area contributed by atoms with E-state index in [4.69, 9.17) is 4.74 Å². The molecule has 1 aromatic rings. The van der Waals surface area contributed by atoms with Crippen molar-refractivity contribution in [3.05, 3.63) is 18.5 Å². The Kier molecular flexibility index (Phi) is 5.55. The number of urea groups is 1. The first-order valence-electron chi connectivity index (χ1n) is 6.85. The van der Waals surface area contributed by atoms with Crippen LogP contribution in [0.15, 0.2) is 18.5 Å². The molecule has 7 heteroatoms. The van der Waals surface area contributed by atoms with E-state index < -0.39 is 0 Å². The quantitative estimate of drug-likeness (QED) is 0.787. The number of rotatable bonds is 5. The molecule has 1 saturated heterocycles. The number of aromatic nitrogens is 2. The third-order valence-corrected chi connectivity index (χ3v) is 3.20. The zero-order valence-corrected chi connectivity index (χ0v) is 11.8. The minimum absolute atomic E-state index is 0.00488. The number of hydrogen-bond acceptors (Lipinski definition) is 5. The second kappa shape index (κ2) is 7.64. The van der Waals surface area contributed by atoms with Gasteiger partial charge in [-0.2, -0.15) is 0 Å². The molecule has 1 aliphatic rings. The largest absolute Gasteiger partial charge is 0.385 e. The minimum Gasteiger partial charge on any atom is -0.385 e. The predicted molar refractivity (Wildman–Crippen MR) is 75.7 cm³/mol. The summed E-state index contributed by atoms with van der Waals surface area (Å²) in [6.45, 7) is 4.21. The van der Waals surface area contributed by atoms with E-state index in [0.29, 0.717) is 26.2 Å². The Bertz CT molecular complexity index is 406. The first kappa shape index (κ1) is 14.5. The molecule has 0 spiro atoms. The highest BCUT2D eigenvalue weighted by atomic mass is 16.5. The van der Waals surface area contributed by atoms with Gasteiger partial charge < -0.3 is 19.9 Å². The summed E-state index contributed by atoms with van der Waals surface area (Å²) in [5, 5.41) is 2.90. The molecule has 0 aliphatic carbocycles. The summed E-state index contributed by atoms with van der Waals surface area (Å²) in [6.07, 6.45) is 4.30. The van der Waals surface area contributed by atoms with E-state index in [1.165, 1.54) is 0 Å². The number of nitrogens with one attached hydrogen (secondary N) is 1. The van der Waals surface area contributed by atoms with Gasteiger partial charge in [-0.1, -0.05) is 0 Å². The second-order valence-electron chi connectivity index (χ2n) is 4.60. The number of ether oxygens (including phenoxy) is 1. The lowest BCUT2D eigenvalue weighted by Gasteiger charge is -2.34. The van der Waals surface area contributed by atoms with Crippen LogP contribution in [0.5, 0.6) is 0 Å². The Morgan fingerprint density at radius 2 is 2.00 bits per heavy atom. The van der Waals surface area contributed by atoms with Crippen molar-refractivity contribution in [3.63, 3.8) is 0 Å². The van der Waals surface area contributed by atoms with Crippen LogP contribution in [0, 0.1) is 0 Å². The van der Waals surface area contributed by atoms with E-state index in [2.05, 4.69) is 20.2 Å². The van der Waals surface area contributed by atoms with E-state index in [1.54, 1.807) is 25.6 Å². The zero-order chi connectivity index (χ0) is 14.2. The van der Waals surface area contributed by atoms with Gasteiger partial charge >= 0.3 is 6.03 Å². The van der Waals surface area contributed by atoms with Crippen LogP contribution in [-0.4, -0.2) is 67.3 Å². The van der Waals surface area contributed by atoms with Crippen LogP contribution in [0.25, 0.3) is 0 Å². The normalized spacial score (nSPS) is 15.2. The molecule has 2 heterocycles. The Balaban J connectivity index is 1.72. The molecule has 1 N–H and O–H groups in total. The predicted octanol–water partition coefficient (Wildman–Crippen LogP) is 0.345. The van der Waals surface area contributed by atoms with Crippen LogP contribution in [-0.2, 0) is 4.74 Å². The lowest BCUT2D eigenvalue weighted by Crippen LogP contribution is -2.52. The van der Waals surface area contributed by atoms with Crippen LogP contribution in [0.4, 0.5) is 10.7 Å². The fourth-order valence-electron chi connectivity index (χ4n) is 2.09. The number of hydrogen-bond donors (Lipinski definition) is 1. The molecule has 1 fully saturated rings. The standard InChI is InChI=1S/C13H21N5O2/c1-20-11-3-6-16-13(19)18-9-7-17(8-10-18)12-14-4-2-5-15-12/h2,4-5H,3,6-11H2,1H3,(H,16,19). The van der Waals surface area contributed by atoms with Gasteiger partial charge in [0.2, 0.25) is 5.95 Å². The van der Waals surface area contributed by atoms with Crippen molar-refractivity contribution >= 4 is 12.0 Å². The molecule has 1 aromatic heterocycles. The molecule has 0 aromatic carbocycles. The zero-order valence-electron chi connectivity index (χ0n) is 11.8. The van der Waals surface area contributed by atoms with Crippen molar-refractivity contribution in [1.29, 1.82) is 0 Å². The van der Waals surface area contributed by atoms with Gasteiger partial charge in [0.15, 0.2) is 0 Å². The van der Waals surface area contributed by atoms with Crippen LogP contribution in [0.3, 0.4) is 0 Å². The van der Waals surface area contributed by atoms with Gasteiger partial charge in [-0.3, -0.25) is 0 Å². The van der Waals surface area contributed by atoms with Crippen LogP contribution >= 0.6 is 0 Å². The summed E-state index contributed by atoms with van der Waals surface area (Å²) >= 11 is 0. The van der Waals surface area contributed by atoms with Gasteiger partial charge in [-0.05, 0) is 12.5 Å². The summed E-state index contributed by atoms with van der Waals surface area (Å²) in [5.41, 5.74) is 0. The number of carbonyl (C=O) groups excluding carboxylic acids is 1. The molecule has 7 nitrogen and oxygen atoms in total. The number of carbonyl (C=O) groups is 1. The summed E-state index contributed by atoms with van der Waals surface area (Å²) in [5.74, 6) is 0.729. The van der Waals surface area contributed by atoms with Crippen LogP contribution < -0.4 is 10.2 Å². The molecule has 0 bridgehead atoms. The number of nitrogens with zero attached hydrogens (tertiary/aromatic N) is 4. The average Bonchev–Trinajstić information content (AvgIpc) is 2.52. The summed E-state index contributed by atoms with van der Waals surface area (Å²) in [7, 11) is 1.66. The highest BCUT2D eigenvalue weighted by Gasteiger charge is 2.21. The lowest BCUT2D eigenvalue weighted by atomic mass is 10.3. The smallest absolute Gasteiger partial charge is 0.317 e. The first-order valence-corrected chi connectivity index (χ1v) is 6.85. The topological polar surface area (TPSA) is 70.6 Å². The van der Waals surface area contributed by atoms with E-state index in [9.17, 15) is 4.79 Å². The Morgan fingerprint density at radius 3 is 2.65 bits per heavy atom. The van der Waals surface area contributed by atoms with E-state index in [0.717, 1.165) is 25.5 Å². The molecule has 0 radical (unpaired) electrons. The molecule has 20 heavy (non-hydrogen) atoms. The molecule has 2 amide bonds. The number of methoxy groups -OCH3 is 1. The van der Waals surface area contributed by atoms with Gasteiger partial charge in [-0.25, -0.2) is 14.8 Å². The van der Waals surface area contributed by atoms with E-state index in [1.807, 2.05) is 4.90 Å². The highest BCUT2D eigenvalue weighted by molar-refractivity contribution is 5.74. The van der Waals surface area contributed by atoms with Crippen molar-refractivity contribution in [2.24, 2.45) is 0 Å². The van der Waals surface area contributed by atoms with Crippen molar-refractivity contribution in [2.75, 3.05) is 51.3 Å². The van der Waals surface area contributed by atoms with E-state index in [-0.39, 0.29) is 6.03 Å².